The molecule has 68 valence electrons. The van der Waals surface area contributed by atoms with E-state index in [1.54, 1.807) is 32.2 Å². The number of hydrogen-bond acceptors (Lipinski definition) is 3. The lowest BCUT2D eigenvalue weighted by molar-refractivity contribution is 0.143. The van der Waals surface area contributed by atoms with Gasteiger partial charge in [0.1, 0.15) is 11.4 Å². The van der Waals surface area contributed by atoms with Crippen LogP contribution in [0.1, 0.15) is 19.4 Å². The Balaban J connectivity index is 2.85. The van der Waals surface area contributed by atoms with Gasteiger partial charge in [0.2, 0.25) is 0 Å². The Morgan fingerprint density at radius 2 is 2.15 bits per heavy atom. The summed E-state index contributed by atoms with van der Waals surface area (Å²) in [6.07, 6.45) is 1.58. The van der Waals surface area contributed by atoms with E-state index in [0.29, 0.717) is 5.82 Å². The Kier molecular flexibility index (Phi) is 2.54. The molecule has 0 bridgehead atoms. The van der Waals surface area contributed by atoms with Crippen LogP contribution in [0, 0.1) is 11.8 Å². The van der Waals surface area contributed by atoms with E-state index in [1.807, 2.05) is 0 Å². The predicted molar refractivity (Wildman–Crippen MR) is 51.8 cm³/mol. The van der Waals surface area contributed by atoms with Crippen LogP contribution >= 0.6 is 0 Å². The molecular weight excluding hydrogens is 164 g/mol. The second-order valence-corrected chi connectivity index (χ2v) is 3.28. The van der Waals surface area contributed by atoms with Crippen molar-refractivity contribution in [2.75, 3.05) is 5.73 Å². The molecule has 0 amide bonds. The predicted octanol–water partition coefficient (Wildman–Crippen LogP) is 0.786. The van der Waals surface area contributed by atoms with E-state index in [0.717, 1.165) is 5.56 Å². The van der Waals surface area contributed by atoms with E-state index in [2.05, 4.69) is 16.8 Å². The highest BCUT2D eigenvalue weighted by molar-refractivity contribution is 5.38. The molecule has 0 aliphatic rings. The molecule has 0 saturated carbocycles. The molecule has 1 rings (SSSR count). The smallest absolute Gasteiger partial charge is 0.123 e. The lowest BCUT2D eigenvalue weighted by Crippen LogP contribution is -2.14. The van der Waals surface area contributed by atoms with Crippen LogP contribution in [-0.4, -0.2) is 15.7 Å². The maximum absolute atomic E-state index is 9.31. The van der Waals surface area contributed by atoms with Gasteiger partial charge in [-0.15, -0.1) is 0 Å². The summed E-state index contributed by atoms with van der Waals surface area (Å²) in [4.78, 5) is 3.87. The van der Waals surface area contributed by atoms with Crippen molar-refractivity contribution in [3.8, 4) is 11.8 Å². The number of aliphatic hydroxyl groups is 1. The number of aromatic nitrogens is 1. The average molecular weight is 176 g/mol. The minimum Gasteiger partial charge on any atom is -0.384 e. The molecule has 0 aliphatic heterocycles. The van der Waals surface area contributed by atoms with Crippen LogP contribution in [0.5, 0.6) is 0 Å². The molecule has 0 saturated heterocycles. The Morgan fingerprint density at radius 1 is 1.46 bits per heavy atom. The minimum atomic E-state index is -0.971. The zero-order valence-electron chi connectivity index (χ0n) is 7.70. The summed E-state index contributed by atoms with van der Waals surface area (Å²) in [7, 11) is 0. The van der Waals surface area contributed by atoms with E-state index < -0.39 is 5.60 Å². The van der Waals surface area contributed by atoms with Crippen LogP contribution < -0.4 is 5.73 Å². The first-order valence-electron chi connectivity index (χ1n) is 3.94. The summed E-state index contributed by atoms with van der Waals surface area (Å²) in [6, 6.07) is 3.44. The Bertz CT molecular complexity index is 338. The van der Waals surface area contributed by atoms with Crippen molar-refractivity contribution in [3.05, 3.63) is 23.9 Å². The highest BCUT2D eigenvalue weighted by Gasteiger charge is 2.05. The lowest BCUT2D eigenvalue weighted by Gasteiger charge is -2.05. The van der Waals surface area contributed by atoms with E-state index in [4.69, 9.17) is 5.73 Å². The molecule has 1 aromatic rings. The largest absolute Gasteiger partial charge is 0.384 e. The van der Waals surface area contributed by atoms with Gasteiger partial charge in [-0.05, 0) is 26.0 Å². The van der Waals surface area contributed by atoms with E-state index >= 15 is 0 Å². The number of rotatable bonds is 0. The van der Waals surface area contributed by atoms with Gasteiger partial charge >= 0.3 is 0 Å². The molecule has 3 heteroatoms. The first-order chi connectivity index (χ1) is 5.97. The zero-order chi connectivity index (χ0) is 9.90. The van der Waals surface area contributed by atoms with Crippen molar-refractivity contribution < 1.29 is 5.11 Å². The molecule has 1 heterocycles. The fraction of sp³-hybridized carbons (Fsp3) is 0.300. The minimum absolute atomic E-state index is 0.466. The molecule has 0 aliphatic carbocycles. The molecule has 0 fully saturated rings. The van der Waals surface area contributed by atoms with Gasteiger partial charge in [-0.25, -0.2) is 4.98 Å². The van der Waals surface area contributed by atoms with Gasteiger partial charge in [0.15, 0.2) is 0 Å². The third-order valence-corrected chi connectivity index (χ3v) is 1.30. The normalized spacial score (nSPS) is 10.4. The third-order valence-electron chi connectivity index (χ3n) is 1.30. The maximum atomic E-state index is 9.31. The van der Waals surface area contributed by atoms with E-state index in [1.165, 1.54) is 0 Å². The molecule has 0 spiro atoms. The van der Waals surface area contributed by atoms with Gasteiger partial charge in [-0.1, -0.05) is 11.8 Å². The summed E-state index contributed by atoms with van der Waals surface area (Å²) >= 11 is 0. The summed E-state index contributed by atoms with van der Waals surface area (Å²) < 4.78 is 0. The summed E-state index contributed by atoms with van der Waals surface area (Å²) in [6.45, 7) is 3.26. The summed E-state index contributed by atoms with van der Waals surface area (Å²) in [5.74, 6) is 5.94. The van der Waals surface area contributed by atoms with Crippen molar-refractivity contribution in [3.63, 3.8) is 0 Å². The number of nitrogens with zero attached hydrogens (tertiary/aromatic N) is 1. The second kappa shape index (κ2) is 3.46. The first-order valence-corrected chi connectivity index (χ1v) is 3.94. The van der Waals surface area contributed by atoms with Gasteiger partial charge in [0.05, 0.1) is 0 Å². The molecule has 0 aromatic carbocycles. The third kappa shape index (κ3) is 3.59. The van der Waals surface area contributed by atoms with Crippen molar-refractivity contribution in [2.45, 2.75) is 19.4 Å². The lowest BCUT2D eigenvalue weighted by atomic mass is 10.1. The van der Waals surface area contributed by atoms with Crippen LogP contribution in [-0.2, 0) is 0 Å². The highest BCUT2D eigenvalue weighted by atomic mass is 16.3. The van der Waals surface area contributed by atoms with Gasteiger partial charge in [0.25, 0.3) is 0 Å². The van der Waals surface area contributed by atoms with Gasteiger partial charge in [-0.2, -0.15) is 0 Å². The molecule has 13 heavy (non-hydrogen) atoms. The van der Waals surface area contributed by atoms with Crippen LogP contribution in [0.15, 0.2) is 18.3 Å². The van der Waals surface area contributed by atoms with Gasteiger partial charge in [0, 0.05) is 11.8 Å². The number of pyridine rings is 1. The Hall–Kier alpha value is -1.53. The van der Waals surface area contributed by atoms with Crippen molar-refractivity contribution in [1.29, 1.82) is 0 Å². The molecule has 0 atom stereocenters. The SMILES string of the molecule is CC(C)(O)C#Cc1ccc(N)nc1. The van der Waals surface area contributed by atoms with Gasteiger partial charge in [-0.3, -0.25) is 0 Å². The first kappa shape index (κ1) is 9.56. The molecule has 1 aromatic heterocycles. The molecule has 3 nitrogen and oxygen atoms in total. The average Bonchev–Trinajstić information content (AvgIpc) is 2.02. The highest BCUT2D eigenvalue weighted by Crippen LogP contribution is 2.01. The van der Waals surface area contributed by atoms with Crippen LogP contribution in [0.3, 0.4) is 0 Å². The number of hydrogen-bond donors (Lipinski definition) is 2. The maximum Gasteiger partial charge on any atom is 0.123 e. The standard InChI is InChI=1S/C10H12N2O/c1-10(2,13)6-5-8-3-4-9(11)12-7-8/h3-4,7,13H,1-2H3,(H2,11,12). The van der Waals surface area contributed by atoms with Crippen molar-refractivity contribution in [1.82, 2.24) is 4.98 Å². The monoisotopic (exact) mass is 176 g/mol. The molecular formula is C10H12N2O. The second-order valence-electron chi connectivity index (χ2n) is 3.28. The summed E-state index contributed by atoms with van der Waals surface area (Å²) in [5.41, 5.74) is 5.18. The number of nitrogen functional groups attached to an aromatic ring is 1. The molecule has 0 radical (unpaired) electrons. The zero-order valence-corrected chi connectivity index (χ0v) is 7.70. The molecule has 0 unspecified atom stereocenters. The van der Waals surface area contributed by atoms with Crippen molar-refractivity contribution in [2.24, 2.45) is 0 Å². The number of anilines is 1. The number of nitrogens with two attached hydrogens (primary N) is 1. The summed E-state index contributed by atoms with van der Waals surface area (Å²) in [5, 5.41) is 9.31. The van der Waals surface area contributed by atoms with E-state index in [9.17, 15) is 5.11 Å². The topological polar surface area (TPSA) is 59.1 Å². The molecule has 3 N–H and O–H groups in total. The van der Waals surface area contributed by atoms with Crippen LogP contribution in [0.25, 0.3) is 0 Å². The van der Waals surface area contributed by atoms with Crippen LogP contribution in [0.4, 0.5) is 5.82 Å². The Morgan fingerprint density at radius 3 is 2.62 bits per heavy atom. The fourth-order valence-electron chi connectivity index (χ4n) is 0.704. The van der Waals surface area contributed by atoms with Crippen LogP contribution in [0.2, 0.25) is 0 Å². The Labute approximate surface area is 77.6 Å². The quantitative estimate of drug-likeness (QED) is 0.574. The van der Waals surface area contributed by atoms with Gasteiger partial charge < -0.3 is 10.8 Å². The van der Waals surface area contributed by atoms with E-state index in [-0.39, 0.29) is 0 Å². The van der Waals surface area contributed by atoms with Crippen molar-refractivity contribution >= 4 is 5.82 Å². The fourth-order valence-corrected chi connectivity index (χ4v) is 0.704.